The fourth-order valence-electron chi connectivity index (χ4n) is 2.82. The van der Waals surface area contributed by atoms with Crippen molar-refractivity contribution in [2.75, 3.05) is 5.32 Å². The Morgan fingerprint density at radius 2 is 2.00 bits per heavy atom. The Bertz CT molecular complexity index is 1150. The van der Waals surface area contributed by atoms with E-state index >= 15 is 0 Å². The number of benzene rings is 2. The number of carbonyl (C=O) groups excluding carboxylic acids is 1. The Morgan fingerprint density at radius 3 is 2.73 bits per heavy atom. The molecule has 2 heterocycles. The van der Waals surface area contributed by atoms with Crippen molar-refractivity contribution in [2.24, 2.45) is 0 Å². The van der Waals surface area contributed by atoms with E-state index in [1.807, 2.05) is 35.7 Å². The first-order chi connectivity index (χ1) is 14.6. The molecule has 152 valence electrons. The Kier molecular flexibility index (Phi) is 6.06. The molecule has 0 spiro atoms. The molecular formula is C21H17ClFN5OS. The molecule has 6 nitrogen and oxygen atoms in total. The molecule has 2 aromatic heterocycles. The van der Waals surface area contributed by atoms with Crippen LogP contribution in [-0.2, 0) is 13.1 Å². The molecular weight excluding hydrogens is 425 g/mol. The van der Waals surface area contributed by atoms with Crippen molar-refractivity contribution in [3.05, 3.63) is 93.8 Å². The highest BCUT2D eigenvalue weighted by Crippen LogP contribution is 2.21. The van der Waals surface area contributed by atoms with E-state index in [0.717, 1.165) is 5.56 Å². The van der Waals surface area contributed by atoms with Gasteiger partial charge in [0.15, 0.2) is 5.82 Å². The molecule has 0 saturated carbocycles. The number of carbonyl (C=O) groups is 1. The van der Waals surface area contributed by atoms with Gasteiger partial charge in [-0.2, -0.15) is 0 Å². The van der Waals surface area contributed by atoms with Crippen LogP contribution in [-0.4, -0.2) is 20.7 Å². The van der Waals surface area contributed by atoms with Crippen LogP contribution in [0, 0.1) is 5.82 Å². The lowest BCUT2D eigenvalue weighted by Crippen LogP contribution is -2.23. The average molecular weight is 442 g/mol. The van der Waals surface area contributed by atoms with Gasteiger partial charge < -0.3 is 10.6 Å². The molecule has 0 bridgehead atoms. The minimum absolute atomic E-state index is 0.165. The number of anilines is 1. The van der Waals surface area contributed by atoms with Gasteiger partial charge >= 0.3 is 0 Å². The van der Waals surface area contributed by atoms with Crippen LogP contribution in [0.5, 0.6) is 0 Å². The summed E-state index contributed by atoms with van der Waals surface area (Å²) in [6.45, 7) is 0.679. The molecule has 4 rings (SSSR count). The van der Waals surface area contributed by atoms with E-state index in [4.69, 9.17) is 11.6 Å². The summed E-state index contributed by atoms with van der Waals surface area (Å²) in [5.74, 6) is -0.308. The second-order valence-corrected chi connectivity index (χ2v) is 7.69. The van der Waals surface area contributed by atoms with Crippen molar-refractivity contribution in [3.8, 4) is 5.13 Å². The maximum Gasteiger partial charge on any atom is 0.256 e. The molecule has 2 N–H and O–H groups in total. The average Bonchev–Trinajstić information content (AvgIpc) is 3.42. The highest BCUT2D eigenvalue weighted by molar-refractivity contribution is 7.12. The van der Waals surface area contributed by atoms with Gasteiger partial charge in [-0.15, -0.1) is 16.4 Å². The SMILES string of the molecule is O=C(NCc1ccc(F)cc1Cl)c1cn(-c2nccs2)nc1NCc1ccccc1. The summed E-state index contributed by atoms with van der Waals surface area (Å²) < 4.78 is 14.8. The van der Waals surface area contributed by atoms with E-state index < -0.39 is 5.82 Å². The van der Waals surface area contributed by atoms with Crippen molar-refractivity contribution in [3.63, 3.8) is 0 Å². The molecule has 2 aromatic carbocycles. The van der Waals surface area contributed by atoms with Gasteiger partial charge in [0.1, 0.15) is 11.4 Å². The quantitative estimate of drug-likeness (QED) is 0.437. The Morgan fingerprint density at radius 1 is 1.17 bits per heavy atom. The van der Waals surface area contributed by atoms with E-state index in [1.165, 1.54) is 23.5 Å². The fourth-order valence-corrected chi connectivity index (χ4v) is 3.62. The van der Waals surface area contributed by atoms with Gasteiger partial charge in [-0.3, -0.25) is 4.79 Å². The molecule has 9 heteroatoms. The summed E-state index contributed by atoms with van der Waals surface area (Å²) in [4.78, 5) is 17.1. The third kappa shape index (κ3) is 4.67. The molecule has 4 aromatic rings. The number of nitrogens with one attached hydrogen (secondary N) is 2. The number of aromatic nitrogens is 3. The lowest BCUT2D eigenvalue weighted by atomic mass is 10.2. The van der Waals surface area contributed by atoms with E-state index in [9.17, 15) is 9.18 Å². The molecule has 0 saturated heterocycles. The topological polar surface area (TPSA) is 71.8 Å². The highest BCUT2D eigenvalue weighted by atomic mass is 35.5. The molecule has 0 atom stereocenters. The zero-order valence-electron chi connectivity index (χ0n) is 15.7. The second-order valence-electron chi connectivity index (χ2n) is 6.41. The summed E-state index contributed by atoms with van der Waals surface area (Å²) in [7, 11) is 0. The standard InChI is InChI=1S/C21H17ClFN5OS/c22-18-10-16(23)7-6-15(18)12-26-20(29)17-13-28(21-24-8-9-30-21)27-19(17)25-11-14-4-2-1-3-5-14/h1-10,13H,11-12H2,(H,25,27)(H,26,29). The molecule has 0 aliphatic carbocycles. The maximum absolute atomic E-state index is 13.2. The van der Waals surface area contributed by atoms with E-state index in [-0.39, 0.29) is 17.5 Å². The smallest absolute Gasteiger partial charge is 0.256 e. The number of halogens is 2. The fraction of sp³-hybridized carbons (Fsp3) is 0.0952. The molecule has 30 heavy (non-hydrogen) atoms. The summed E-state index contributed by atoms with van der Waals surface area (Å²) >= 11 is 7.47. The number of nitrogens with zero attached hydrogens (tertiary/aromatic N) is 3. The Hall–Kier alpha value is -3.23. The minimum Gasteiger partial charge on any atom is -0.364 e. The largest absolute Gasteiger partial charge is 0.364 e. The zero-order chi connectivity index (χ0) is 20.9. The molecule has 0 aliphatic rings. The first kappa shape index (κ1) is 20.1. The summed E-state index contributed by atoms with van der Waals surface area (Å²) in [5, 5.41) is 13.3. The summed E-state index contributed by atoms with van der Waals surface area (Å²) in [6.07, 6.45) is 3.31. The maximum atomic E-state index is 13.2. The first-order valence-electron chi connectivity index (χ1n) is 9.09. The number of rotatable bonds is 7. The number of amides is 1. The molecule has 0 aliphatic heterocycles. The first-order valence-corrected chi connectivity index (χ1v) is 10.4. The predicted octanol–water partition coefficient (Wildman–Crippen LogP) is 4.66. The van der Waals surface area contributed by atoms with Gasteiger partial charge in [0.25, 0.3) is 5.91 Å². The van der Waals surface area contributed by atoms with Crippen molar-refractivity contribution in [1.82, 2.24) is 20.1 Å². The molecule has 0 radical (unpaired) electrons. The number of hydrogen-bond donors (Lipinski definition) is 2. The lowest BCUT2D eigenvalue weighted by molar-refractivity contribution is 0.0951. The normalized spacial score (nSPS) is 10.7. The van der Waals surface area contributed by atoms with E-state index in [1.54, 1.807) is 23.1 Å². The van der Waals surface area contributed by atoms with Crippen LogP contribution in [0.1, 0.15) is 21.5 Å². The van der Waals surface area contributed by atoms with Gasteiger partial charge in [0.2, 0.25) is 5.13 Å². The Balaban J connectivity index is 1.54. The zero-order valence-corrected chi connectivity index (χ0v) is 17.3. The van der Waals surface area contributed by atoms with E-state index in [2.05, 4.69) is 20.7 Å². The van der Waals surface area contributed by atoms with Crippen LogP contribution in [0.15, 0.2) is 66.3 Å². The number of thiazole rings is 1. The summed E-state index contributed by atoms with van der Waals surface area (Å²) in [5.41, 5.74) is 2.06. The van der Waals surface area contributed by atoms with Crippen molar-refractivity contribution >= 4 is 34.7 Å². The molecule has 1 amide bonds. The molecule has 0 fully saturated rings. The Labute approximate surface area is 181 Å². The molecule has 0 unspecified atom stereocenters. The van der Waals surface area contributed by atoms with Gasteiger partial charge in [-0.1, -0.05) is 48.0 Å². The van der Waals surface area contributed by atoms with Gasteiger partial charge in [-0.05, 0) is 23.3 Å². The van der Waals surface area contributed by atoms with Crippen LogP contribution >= 0.6 is 22.9 Å². The number of hydrogen-bond acceptors (Lipinski definition) is 5. The summed E-state index contributed by atoms with van der Waals surface area (Å²) in [6, 6.07) is 13.9. The highest BCUT2D eigenvalue weighted by Gasteiger charge is 2.18. The van der Waals surface area contributed by atoms with Crippen LogP contribution in [0.4, 0.5) is 10.2 Å². The van der Waals surface area contributed by atoms with Crippen LogP contribution in [0.25, 0.3) is 5.13 Å². The van der Waals surface area contributed by atoms with Gasteiger partial charge in [0, 0.05) is 35.9 Å². The van der Waals surface area contributed by atoms with Crippen LogP contribution < -0.4 is 10.6 Å². The minimum atomic E-state index is -0.424. The van der Waals surface area contributed by atoms with E-state index in [0.29, 0.717) is 28.6 Å². The monoisotopic (exact) mass is 441 g/mol. The van der Waals surface area contributed by atoms with Gasteiger partial charge in [0.05, 0.1) is 0 Å². The third-order valence-electron chi connectivity index (χ3n) is 4.33. The second kappa shape index (κ2) is 9.06. The van der Waals surface area contributed by atoms with Crippen LogP contribution in [0.3, 0.4) is 0 Å². The van der Waals surface area contributed by atoms with Crippen molar-refractivity contribution in [2.45, 2.75) is 13.1 Å². The third-order valence-corrected chi connectivity index (χ3v) is 5.44. The predicted molar refractivity (Wildman–Crippen MR) is 116 cm³/mol. The van der Waals surface area contributed by atoms with Gasteiger partial charge in [-0.25, -0.2) is 14.1 Å². The lowest BCUT2D eigenvalue weighted by Gasteiger charge is -2.08. The van der Waals surface area contributed by atoms with Crippen molar-refractivity contribution in [1.29, 1.82) is 0 Å². The van der Waals surface area contributed by atoms with Crippen LogP contribution in [0.2, 0.25) is 5.02 Å². The van der Waals surface area contributed by atoms with Crippen molar-refractivity contribution < 1.29 is 9.18 Å².